The van der Waals surface area contributed by atoms with Crippen LogP contribution in [-0.2, 0) is 9.59 Å². The molecule has 0 unspecified atom stereocenters. The van der Waals surface area contributed by atoms with Crippen LogP contribution < -0.4 is 5.73 Å². The van der Waals surface area contributed by atoms with Gasteiger partial charge in [0.25, 0.3) is 0 Å². The van der Waals surface area contributed by atoms with Crippen molar-refractivity contribution in [2.24, 2.45) is 5.73 Å². The minimum Gasteiger partial charge on any atom is -0.361 e. The first-order chi connectivity index (χ1) is 7.63. The van der Waals surface area contributed by atoms with Crippen LogP contribution in [0, 0.1) is 0 Å². The second-order valence-corrected chi connectivity index (χ2v) is 6.93. The van der Waals surface area contributed by atoms with Crippen LogP contribution in [0.5, 0.6) is 0 Å². The standard InChI is InChI=1S/C8H12N2O2S4/c1-3-5-13-15-10(8(12)7(9)11)16-14-6-4-2/h3-4H,1-2,5-6H2,(H2,9,11). The number of amides is 2. The maximum Gasteiger partial charge on any atom is 0.333 e. The molecule has 0 aliphatic carbocycles. The van der Waals surface area contributed by atoms with Gasteiger partial charge < -0.3 is 5.73 Å². The van der Waals surface area contributed by atoms with Gasteiger partial charge in [-0.25, -0.2) is 0 Å². The van der Waals surface area contributed by atoms with Crippen molar-refractivity contribution < 1.29 is 9.59 Å². The van der Waals surface area contributed by atoms with Gasteiger partial charge in [0.2, 0.25) is 0 Å². The highest BCUT2D eigenvalue weighted by molar-refractivity contribution is 8.83. The van der Waals surface area contributed by atoms with Crippen molar-refractivity contribution in [3.05, 3.63) is 25.3 Å². The largest absolute Gasteiger partial charge is 0.361 e. The van der Waals surface area contributed by atoms with E-state index in [9.17, 15) is 9.59 Å². The van der Waals surface area contributed by atoms with Gasteiger partial charge >= 0.3 is 11.8 Å². The molecular weight excluding hydrogens is 284 g/mol. The molecule has 0 aliphatic heterocycles. The van der Waals surface area contributed by atoms with Crippen LogP contribution >= 0.6 is 43.5 Å². The van der Waals surface area contributed by atoms with Crippen molar-refractivity contribution in [1.29, 1.82) is 0 Å². The van der Waals surface area contributed by atoms with E-state index in [1.807, 2.05) is 0 Å². The Labute approximate surface area is 111 Å². The number of carbonyl (C=O) groups is 2. The van der Waals surface area contributed by atoms with E-state index in [0.717, 1.165) is 0 Å². The monoisotopic (exact) mass is 296 g/mol. The zero-order chi connectivity index (χ0) is 12.4. The van der Waals surface area contributed by atoms with E-state index in [1.165, 1.54) is 47.3 Å². The normalized spacial score (nSPS) is 9.50. The summed E-state index contributed by atoms with van der Waals surface area (Å²) >= 11 is 0. The van der Waals surface area contributed by atoms with Crippen molar-refractivity contribution >= 4 is 55.4 Å². The molecule has 90 valence electrons. The number of hydrogen-bond donors (Lipinski definition) is 1. The lowest BCUT2D eigenvalue weighted by atomic mass is 10.6. The molecule has 0 aromatic rings. The fourth-order valence-electron chi connectivity index (χ4n) is 0.423. The van der Waals surface area contributed by atoms with E-state index in [2.05, 4.69) is 13.2 Å². The Kier molecular flexibility index (Phi) is 9.89. The van der Waals surface area contributed by atoms with Gasteiger partial charge in [-0.3, -0.25) is 9.59 Å². The number of primary amides is 1. The molecule has 0 radical (unpaired) electrons. The van der Waals surface area contributed by atoms with Crippen LogP contribution in [0.15, 0.2) is 25.3 Å². The minimum atomic E-state index is -0.960. The molecule has 0 aromatic heterocycles. The maximum absolute atomic E-state index is 11.4. The first-order valence-electron chi connectivity index (χ1n) is 4.08. The second-order valence-electron chi connectivity index (χ2n) is 2.22. The number of carbonyl (C=O) groups excluding carboxylic acids is 2. The van der Waals surface area contributed by atoms with Gasteiger partial charge in [0, 0.05) is 33.5 Å². The molecule has 0 fully saturated rings. The average Bonchev–Trinajstić information content (AvgIpc) is 2.26. The topological polar surface area (TPSA) is 63.4 Å². The van der Waals surface area contributed by atoms with Crippen molar-refractivity contribution in [1.82, 2.24) is 3.71 Å². The van der Waals surface area contributed by atoms with Gasteiger partial charge in [-0.1, -0.05) is 33.7 Å². The number of rotatable bonds is 8. The fourth-order valence-corrected chi connectivity index (χ4v) is 4.94. The Morgan fingerprint density at radius 1 is 1.12 bits per heavy atom. The molecule has 0 saturated carbocycles. The molecule has 4 nitrogen and oxygen atoms in total. The highest BCUT2D eigenvalue weighted by Crippen LogP contribution is 2.38. The first-order valence-corrected chi connectivity index (χ1v) is 8.63. The van der Waals surface area contributed by atoms with Crippen LogP contribution in [0.3, 0.4) is 0 Å². The predicted molar refractivity (Wildman–Crippen MR) is 76.5 cm³/mol. The van der Waals surface area contributed by atoms with Gasteiger partial charge in [0.15, 0.2) is 0 Å². The van der Waals surface area contributed by atoms with Gasteiger partial charge in [-0.05, 0) is 0 Å². The van der Waals surface area contributed by atoms with Crippen molar-refractivity contribution in [2.75, 3.05) is 11.5 Å². The Balaban J connectivity index is 4.14. The van der Waals surface area contributed by atoms with Crippen molar-refractivity contribution in [3.8, 4) is 0 Å². The van der Waals surface area contributed by atoms with E-state index < -0.39 is 11.8 Å². The summed E-state index contributed by atoms with van der Waals surface area (Å²) < 4.78 is 1.25. The highest BCUT2D eigenvalue weighted by Gasteiger charge is 2.21. The Bertz CT molecular complexity index is 259. The summed E-state index contributed by atoms with van der Waals surface area (Å²) in [5, 5.41) is 0. The smallest absolute Gasteiger partial charge is 0.333 e. The van der Waals surface area contributed by atoms with E-state index in [1.54, 1.807) is 12.2 Å². The van der Waals surface area contributed by atoms with Gasteiger partial charge in [0.1, 0.15) is 0 Å². The zero-order valence-electron chi connectivity index (χ0n) is 8.46. The molecule has 2 amide bonds. The van der Waals surface area contributed by atoms with Crippen LogP contribution in [-0.4, -0.2) is 27.0 Å². The molecule has 0 bridgehead atoms. The van der Waals surface area contributed by atoms with Crippen molar-refractivity contribution in [2.45, 2.75) is 0 Å². The molecule has 8 heteroatoms. The van der Waals surface area contributed by atoms with Crippen molar-refractivity contribution in [3.63, 3.8) is 0 Å². The number of hydrogen-bond acceptors (Lipinski definition) is 6. The molecule has 0 aromatic carbocycles. The lowest BCUT2D eigenvalue weighted by Gasteiger charge is -2.15. The van der Waals surface area contributed by atoms with E-state index in [-0.39, 0.29) is 0 Å². The molecule has 0 saturated heterocycles. The molecule has 16 heavy (non-hydrogen) atoms. The minimum absolute atomic E-state index is 0.680. The third-order valence-electron chi connectivity index (χ3n) is 0.989. The maximum atomic E-state index is 11.4. The van der Waals surface area contributed by atoms with Gasteiger partial charge in [-0.2, -0.15) is 3.71 Å². The first kappa shape index (κ1) is 15.8. The summed E-state index contributed by atoms with van der Waals surface area (Å²) in [6, 6.07) is 0. The summed E-state index contributed by atoms with van der Waals surface area (Å²) in [7, 11) is 5.14. The summed E-state index contributed by atoms with van der Waals surface area (Å²) in [6.45, 7) is 7.12. The lowest BCUT2D eigenvalue weighted by Crippen LogP contribution is -2.31. The molecule has 0 atom stereocenters. The average molecular weight is 296 g/mol. The SMILES string of the molecule is C=CCSSN(SSCC=C)C(=O)C(N)=O. The zero-order valence-corrected chi connectivity index (χ0v) is 11.7. The molecule has 0 spiro atoms. The van der Waals surface area contributed by atoms with Crippen LogP contribution in [0.25, 0.3) is 0 Å². The van der Waals surface area contributed by atoms with E-state index in [4.69, 9.17) is 5.73 Å². The van der Waals surface area contributed by atoms with Crippen LogP contribution in [0.4, 0.5) is 0 Å². The molecule has 0 heterocycles. The quantitative estimate of drug-likeness (QED) is 0.244. The summed E-state index contributed by atoms with van der Waals surface area (Å²) in [5.74, 6) is -0.318. The fraction of sp³-hybridized carbons (Fsp3) is 0.250. The van der Waals surface area contributed by atoms with Gasteiger partial charge in [-0.15, -0.1) is 13.2 Å². The Morgan fingerprint density at radius 3 is 1.88 bits per heavy atom. The summed E-state index contributed by atoms with van der Waals surface area (Å²) in [4.78, 5) is 22.1. The van der Waals surface area contributed by atoms with Crippen LogP contribution in [0.1, 0.15) is 0 Å². The highest BCUT2D eigenvalue weighted by atomic mass is 33.1. The summed E-state index contributed by atoms with van der Waals surface area (Å²) in [5.41, 5.74) is 4.93. The predicted octanol–water partition coefficient (Wildman–Crippen LogP) is 2.27. The Morgan fingerprint density at radius 2 is 1.56 bits per heavy atom. The Hall–Kier alpha value is -0.180. The molecular formula is C8H12N2O2S4. The molecule has 0 aliphatic rings. The number of nitrogens with zero attached hydrogens (tertiary/aromatic N) is 1. The lowest BCUT2D eigenvalue weighted by molar-refractivity contribution is -0.138. The second kappa shape index (κ2) is 10.0. The van der Waals surface area contributed by atoms with E-state index in [0.29, 0.717) is 11.5 Å². The third-order valence-corrected chi connectivity index (χ3v) is 5.90. The number of nitrogens with two attached hydrogens (primary N) is 1. The third kappa shape index (κ3) is 7.15. The molecule has 2 N–H and O–H groups in total. The van der Waals surface area contributed by atoms with E-state index >= 15 is 0 Å². The molecule has 0 rings (SSSR count). The van der Waals surface area contributed by atoms with Gasteiger partial charge in [0.05, 0.1) is 0 Å². The van der Waals surface area contributed by atoms with Crippen LogP contribution in [0.2, 0.25) is 0 Å². The summed E-state index contributed by atoms with van der Waals surface area (Å²) in [6.07, 6.45) is 3.43.